The van der Waals surface area contributed by atoms with Gasteiger partial charge in [0.2, 0.25) is 0 Å². The van der Waals surface area contributed by atoms with Crippen LogP contribution < -0.4 is 5.73 Å². The molecular weight excluding hydrogens is 152 g/mol. The van der Waals surface area contributed by atoms with Gasteiger partial charge in [0, 0.05) is 32.8 Å². The van der Waals surface area contributed by atoms with Gasteiger partial charge in [0.1, 0.15) is 0 Å². The molecule has 0 saturated carbocycles. The van der Waals surface area contributed by atoms with E-state index in [1.165, 1.54) is 0 Å². The number of nitrogens with zero attached hydrogens (tertiary/aromatic N) is 1. The number of hydrogen-bond donors (Lipinski definition) is 1. The third kappa shape index (κ3) is 2.44. The Labute approximate surface area is 74.9 Å². The maximum atomic E-state index is 5.90. The van der Waals surface area contributed by atoms with Crippen molar-refractivity contribution < 1.29 is 4.74 Å². The number of nitrogens with two attached hydrogens (primary N) is 1. The Bertz CT molecular complexity index is 130. The maximum Gasteiger partial charge on any atom is 0.0670 e. The van der Waals surface area contributed by atoms with Crippen molar-refractivity contribution in [3.8, 4) is 0 Å². The number of ether oxygens (including phenoxy) is 1. The summed E-state index contributed by atoms with van der Waals surface area (Å²) < 4.78 is 5.20. The second-order valence-corrected chi connectivity index (χ2v) is 3.91. The van der Waals surface area contributed by atoms with Crippen molar-refractivity contribution in [1.82, 2.24) is 4.90 Å². The Balaban J connectivity index is 2.27. The highest BCUT2D eigenvalue weighted by atomic mass is 16.5. The standard InChI is InChI=1S/C9H20N2O/c1-7-4-11(6-9(7)10)5-8(2)12-3/h7-9H,4-6,10H2,1-3H3. The first-order valence-corrected chi connectivity index (χ1v) is 4.64. The smallest absolute Gasteiger partial charge is 0.0670 e. The Hall–Kier alpha value is -0.120. The molecule has 0 aromatic carbocycles. The lowest BCUT2D eigenvalue weighted by Crippen LogP contribution is -2.32. The first-order valence-electron chi connectivity index (χ1n) is 4.64. The predicted molar refractivity (Wildman–Crippen MR) is 50.1 cm³/mol. The molecule has 1 aliphatic rings. The highest BCUT2D eigenvalue weighted by Gasteiger charge is 2.26. The molecule has 0 aromatic heterocycles. The van der Waals surface area contributed by atoms with Crippen LogP contribution in [0.2, 0.25) is 0 Å². The van der Waals surface area contributed by atoms with E-state index in [9.17, 15) is 0 Å². The summed E-state index contributed by atoms with van der Waals surface area (Å²) in [5, 5.41) is 0. The van der Waals surface area contributed by atoms with Crippen LogP contribution in [-0.4, -0.2) is 43.8 Å². The van der Waals surface area contributed by atoms with Gasteiger partial charge in [0.25, 0.3) is 0 Å². The van der Waals surface area contributed by atoms with E-state index in [-0.39, 0.29) is 0 Å². The highest BCUT2D eigenvalue weighted by Crippen LogP contribution is 2.14. The lowest BCUT2D eigenvalue weighted by molar-refractivity contribution is 0.0840. The molecule has 12 heavy (non-hydrogen) atoms. The third-order valence-corrected chi connectivity index (χ3v) is 2.66. The topological polar surface area (TPSA) is 38.5 Å². The first-order chi connectivity index (χ1) is 5.63. The normalized spacial score (nSPS) is 34.0. The molecule has 1 rings (SSSR count). The quantitative estimate of drug-likeness (QED) is 0.665. The van der Waals surface area contributed by atoms with Crippen LogP contribution in [0.4, 0.5) is 0 Å². The van der Waals surface area contributed by atoms with Crippen LogP contribution in [0.25, 0.3) is 0 Å². The van der Waals surface area contributed by atoms with Gasteiger partial charge in [-0.05, 0) is 12.8 Å². The molecule has 1 heterocycles. The van der Waals surface area contributed by atoms with E-state index < -0.39 is 0 Å². The van der Waals surface area contributed by atoms with Gasteiger partial charge in [0.15, 0.2) is 0 Å². The van der Waals surface area contributed by atoms with Crippen molar-refractivity contribution in [3.05, 3.63) is 0 Å². The van der Waals surface area contributed by atoms with Crippen molar-refractivity contribution in [2.24, 2.45) is 11.7 Å². The van der Waals surface area contributed by atoms with Gasteiger partial charge < -0.3 is 10.5 Å². The second kappa shape index (κ2) is 4.21. The average Bonchev–Trinajstić information content (AvgIpc) is 2.31. The summed E-state index contributed by atoms with van der Waals surface area (Å²) in [6.07, 6.45) is 0.322. The Kier molecular flexibility index (Phi) is 3.50. The van der Waals surface area contributed by atoms with Crippen LogP contribution in [0.5, 0.6) is 0 Å². The number of hydrogen-bond acceptors (Lipinski definition) is 3. The fourth-order valence-electron chi connectivity index (χ4n) is 1.68. The summed E-state index contributed by atoms with van der Waals surface area (Å²) in [5.74, 6) is 0.633. The summed E-state index contributed by atoms with van der Waals surface area (Å²) in [4.78, 5) is 2.38. The van der Waals surface area contributed by atoms with E-state index in [2.05, 4.69) is 18.7 Å². The molecular formula is C9H20N2O. The number of likely N-dealkylation sites (tertiary alicyclic amines) is 1. The van der Waals surface area contributed by atoms with E-state index >= 15 is 0 Å². The summed E-state index contributed by atoms with van der Waals surface area (Å²) >= 11 is 0. The minimum absolute atomic E-state index is 0.322. The molecule has 72 valence electrons. The molecule has 2 N–H and O–H groups in total. The van der Waals surface area contributed by atoms with Crippen LogP contribution in [0.15, 0.2) is 0 Å². The van der Waals surface area contributed by atoms with Gasteiger partial charge in [0.05, 0.1) is 6.10 Å². The van der Waals surface area contributed by atoms with Gasteiger partial charge in [-0.15, -0.1) is 0 Å². The average molecular weight is 172 g/mol. The lowest BCUT2D eigenvalue weighted by Gasteiger charge is -2.19. The first kappa shape index (κ1) is 9.96. The van der Waals surface area contributed by atoms with Gasteiger partial charge in [-0.2, -0.15) is 0 Å². The fraction of sp³-hybridized carbons (Fsp3) is 1.00. The zero-order chi connectivity index (χ0) is 9.14. The molecule has 1 saturated heterocycles. The van der Waals surface area contributed by atoms with Crippen LogP contribution in [0, 0.1) is 5.92 Å². The Morgan fingerprint density at radius 3 is 2.67 bits per heavy atom. The van der Waals surface area contributed by atoms with Crippen molar-refractivity contribution in [3.63, 3.8) is 0 Å². The SMILES string of the molecule is COC(C)CN1CC(C)C(N)C1. The van der Waals surface area contributed by atoms with Crippen LogP contribution in [-0.2, 0) is 4.74 Å². The molecule has 0 spiro atoms. The van der Waals surface area contributed by atoms with Gasteiger partial charge in [-0.25, -0.2) is 0 Å². The Morgan fingerprint density at radius 2 is 2.25 bits per heavy atom. The zero-order valence-electron chi connectivity index (χ0n) is 8.29. The molecule has 3 heteroatoms. The van der Waals surface area contributed by atoms with Gasteiger partial charge >= 0.3 is 0 Å². The molecule has 3 atom stereocenters. The third-order valence-electron chi connectivity index (χ3n) is 2.66. The molecule has 0 aliphatic carbocycles. The van der Waals surface area contributed by atoms with Crippen LogP contribution >= 0.6 is 0 Å². The van der Waals surface area contributed by atoms with E-state index in [1.54, 1.807) is 7.11 Å². The van der Waals surface area contributed by atoms with E-state index in [4.69, 9.17) is 10.5 Å². The van der Waals surface area contributed by atoms with Crippen molar-refractivity contribution in [2.75, 3.05) is 26.7 Å². The van der Waals surface area contributed by atoms with Crippen molar-refractivity contribution >= 4 is 0 Å². The fourth-order valence-corrected chi connectivity index (χ4v) is 1.68. The van der Waals surface area contributed by atoms with E-state index in [1.807, 2.05) is 0 Å². The molecule has 3 nitrogen and oxygen atoms in total. The predicted octanol–water partition coefficient (Wildman–Crippen LogP) is 0.300. The van der Waals surface area contributed by atoms with E-state index in [0.717, 1.165) is 19.6 Å². The lowest BCUT2D eigenvalue weighted by atomic mass is 10.1. The van der Waals surface area contributed by atoms with Crippen LogP contribution in [0.1, 0.15) is 13.8 Å². The van der Waals surface area contributed by atoms with E-state index in [0.29, 0.717) is 18.1 Å². The molecule has 0 amide bonds. The monoisotopic (exact) mass is 172 g/mol. The maximum absolute atomic E-state index is 5.90. The summed E-state index contributed by atoms with van der Waals surface area (Å²) in [5.41, 5.74) is 5.90. The number of methoxy groups -OCH3 is 1. The summed E-state index contributed by atoms with van der Waals surface area (Å²) in [6, 6.07) is 0.356. The molecule has 1 fully saturated rings. The highest BCUT2D eigenvalue weighted by molar-refractivity contribution is 4.84. The molecule has 3 unspecified atom stereocenters. The molecule has 0 bridgehead atoms. The van der Waals surface area contributed by atoms with Crippen molar-refractivity contribution in [2.45, 2.75) is 26.0 Å². The molecule has 1 aliphatic heterocycles. The molecule has 0 aromatic rings. The van der Waals surface area contributed by atoms with Gasteiger partial charge in [-0.3, -0.25) is 4.90 Å². The van der Waals surface area contributed by atoms with Crippen molar-refractivity contribution in [1.29, 1.82) is 0 Å². The second-order valence-electron chi connectivity index (χ2n) is 3.91. The molecule has 0 radical (unpaired) electrons. The summed E-state index contributed by atoms with van der Waals surface area (Å²) in [6.45, 7) is 7.45. The number of rotatable bonds is 3. The minimum atomic E-state index is 0.322. The van der Waals surface area contributed by atoms with Crippen LogP contribution in [0.3, 0.4) is 0 Å². The minimum Gasteiger partial charge on any atom is -0.380 e. The largest absolute Gasteiger partial charge is 0.380 e. The van der Waals surface area contributed by atoms with Gasteiger partial charge in [-0.1, -0.05) is 6.92 Å². The summed E-state index contributed by atoms with van der Waals surface area (Å²) in [7, 11) is 1.75. The zero-order valence-corrected chi connectivity index (χ0v) is 8.29. The Morgan fingerprint density at radius 1 is 1.58 bits per heavy atom.